The van der Waals surface area contributed by atoms with Crippen molar-refractivity contribution < 1.29 is 14.3 Å². The van der Waals surface area contributed by atoms with Crippen LogP contribution in [0.2, 0.25) is 0 Å². The average molecular weight is 499 g/mol. The smallest absolute Gasteiger partial charge is 0.338 e. The second-order valence-electron chi connectivity index (χ2n) is 10.4. The van der Waals surface area contributed by atoms with Crippen molar-refractivity contribution in [1.29, 1.82) is 0 Å². The summed E-state index contributed by atoms with van der Waals surface area (Å²) < 4.78 is 12.2. The van der Waals surface area contributed by atoms with Crippen LogP contribution in [-0.2, 0) is 4.74 Å². The van der Waals surface area contributed by atoms with E-state index in [0.717, 1.165) is 48.1 Å². The number of hydrogen-bond acceptors (Lipinski definition) is 5. The van der Waals surface area contributed by atoms with E-state index in [2.05, 4.69) is 35.5 Å². The van der Waals surface area contributed by atoms with Crippen LogP contribution in [0.5, 0.6) is 5.75 Å². The minimum Gasteiger partial charge on any atom is -0.494 e. The van der Waals surface area contributed by atoms with Gasteiger partial charge in [0, 0.05) is 23.7 Å². The van der Waals surface area contributed by atoms with Crippen molar-refractivity contribution in [2.45, 2.75) is 57.6 Å². The molecule has 2 bridgehead atoms. The summed E-state index contributed by atoms with van der Waals surface area (Å²) in [5, 5.41) is 1.04. The van der Waals surface area contributed by atoms with Crippen LogP contribution in [0.25, 0.3) is 10.9 Å². The van der Waals surface area contributed by atoms with Crippen LogP contribution >= 0.6 is 0 Å². The van der Waals surface area contributed by atoms with Crippen LogP contribution in [0, 0.1) is 11.8 Å². The maximum atomic E-state index is 13.5. The molecule has 3 fully saturated rings. The molecule has 4 heterocycles. The third-order valence-electron chi connectivity index (χ3n) is 8.08. The number of nitrogens with zero attached hydrogens (tertiary/aromatic N) is 2. The molecule has 0 amide bonds. The van der Waals surface area contributed by atoms with Gasteiger partial charge in [0.05, 0.1) is 23.7 Å². The molecule has 0 aliphatic carbocycles. The molecular formula is C32H38N2O3. The zero-order chi connectivity index (χ0) is 25.6. The van der Waals surface area contributed by atoms with Crippen LogP contribution in [0.1, 0.15) is 67.5 Å². The van der Waals surface area contributed by atoms with E-state index in [-0.39, 0.29) is 18.1 Å². The van der Waals surface area contributed by atoms with Crippen molar-refractivity contribution in [2.75, 3.05) is 19.7 Å². The number of benzene rings is 2. The molecule has 0 N–H and O–H groups in total. The molecule has 1 aromatic heterocycles. The zero-order valence-corrected chi connectivity index (χ0v) is 21.9. The van der Waals surface area contributed by atoms with Crippen molar-refractivity contribution in [3.8, 4) is 5.75 Å². The largest absolute Gasteiger partial charge is 0.494 e. The molecule has 3 saturated heterocycles. The van der Waals surface area contributed by atoms with Crippen LogP contribution < -0.4 is 4.74 Å². The Bertz CT molecular complexity index is 1200. The van der Waals surface area contributed by atoms with Crippen LogP contribution in [0.3, 0.4) is 0 Å². The molecule has 2 aromatic carbocycles. The van der Waals surface area contributed by atoms with E-state index in [9.17, 15) is 4.79 Å². The number of ether oxygens (including phenoxy) is 2. The molecule has 194 valence electrons. The Morgan fingerprint density at radius 1 is 1.14 bits per heavy atom. The highest BCUT2D eigenvalue weighted by molar-refractivity contribution is 5.90. The summed E-state index contributed by atoms with van der Waals surface area (Å²) in [5.41, 5.74) is 2.49. The first-order valence-electron chi connectivity index (χ1n) is 13.8. The molecule has 37 heavy (non-hydrogen) atoms. The summed E-state index contributed by atoms with van der Waals surface area (Å²) in [6.45, 7) is 8.97. The third-order valence-corrected chi connectivity index (χ3v) is 8.08. The molecule has 5 nitrogen and oxygen atoms in total. The quantitative estimate of drug-likeness (QED) is 0.162. The lowest BCUT2D eigenvalue weighted by Gasteiger charge is -2.51. The van der Waals surface area contributed by atoms with Crippen LogP contribution in [0.15, 0.2) is 73.4 Å². The standard InChI is InChI=1S/C32H38N2O3/c1-3-5-6-9-20-36-26-14-12-24(13-15-26)32(35)37-31(28-16-18-33-29-11-8-7-10-27(28)29)30-21-25-17-19-34(30)22-23(25)4-2/h4,7-8,10-16,18,23,25,30-31H,2-3,5-6,9,17,19-22H2,1H3. The summed E-state index contributed by atoms with van der Waals surface area (Å²) >= 11 is 0. The molecule has 0 spiro atoms. The molecular weight excluding hydrogens is 460 g/mol. The monoisotopic (exact) mass is 498 g/mol. The lowest BCUT2D eigenvalue weighted by molar-refractivity contribution is -0.0568. The molecule has 3 aromatic rings. The lowest BCUT2D eigenvalue weighted by atomic mass is 9.73. The van der Waals surface area contributed by atoms with Gasteiger partial charge in [-0.25, -0.2) is 4.79 Å². The van der Waals surface area contributed by atoms with E-state index in [1.165, 1.54) is 25.7 Å². The highest BCUT2D eigenvalue weighted by Crippen LogP contribution is 2.43. The SMILES string of the molecule is C=CC1CN2CCC1CC2C(OC(=O)c1ccc(OCCCCCC)cc1)c1ccnc2ccccc12. The second kappa shape index (κ2) is 11.9. The minimum absolute atomic E-state index is 0.135. The van der Waals surface area contributed by atoms with Crippen LogP contribution in [-0.4, -0.2) is 41.6 Å². The second-order valence-corrected chi connectivity index (χ2v) is 10.4. The zero-order valence-electron chi connectivity index (χ0n) is 21.9. The van der Waals surface area contributed by atoms with Gasteiger partial charge in [0.25, 0.3) is 0 Å². The Morgan fingerprint density at radius 2 is 1.97 bits per heavy atom. The Labute approximate surface area is 220 Å². The fourth-order valence-electron chi connectivity index (χ4n) is 6.00. The number of aromatic nitrogens is 1. The minimum atomic E-state index is -0.372. The molecule has 5 unspecified atom stereocenters. The van der Waals surface area contributed by atoms with Gasteiger partial charge in [-0.2, -0.15) is 0 Å². The van der Waals surface area contributed by atoms with Crippen LogP contribution in [0.4, 0.5) is 0 Å². The number of esters is 1. The highest BCUT2D eigenvalue weighted by atomic mass is 16.5. The van der Waals surface area contributed by atoms with Gasteiger partial charge in [0.2, 0.25) is 0 Å². The molecule has 0 radical (unpaired) electrons. The van der Waals surface area contributed by atoms with E-state index in [1.807, 2.05) is 54.7 Å². The molecule has 0 saturated carbocycles. The molecule has 3 aliphatic rings. The number of pyridine rings is 1. The number of carbonyl (C=O) groups excluding carboxylic acids is 1. The van der Waals surface area contributed by atoms with Gasteiger partial charge in [-0.05, 0) is 74.0 Å². The Morgan fingerprint density at radius 3 is 2.73 bits per heavy atom. The molecule has 5 atom stereocenters. The van der Waals surface area contributed by atoms with E-state index in [1.54, 1.807) is 0 Å². The summed E-state index contributed by atoms with van der Waals surface area (Å²) in [6, 6.07) is 17.6. The van der Waals surface area contributed by atoms with Gasteiger partial charge in [-0.1, -0.05) is 50.5 Å². The van der Waals surface area contributed by atoms with Crippen molar-refractivity contribution in [3.63, 3.8) is 0 Å². The van der Waals surface area contributed by atoms with Gasteiger partial charge in [0.15, 0.2) is 0 Å². The average Bonchev–Trinajstić information content (AvgIpc) is 2.96. The number of para-hydroxylation sites is 1. The van der Waals surface area contributed by atoms with E-state index >= 15 is 0 Å². The summed E-state index contributed by atoms with van der Waals surface area (Å²) in [5.74, 6) is 1.57. The highest BCUT2D eigenvalue weighted by Gasteiger charge is 2.44. The summed E-state index contributed by atoms with van der Waals surface area (Å²) in [4.78, 5) is 20.5. The Kier molecular flexibility index (Phi) is 8.20. The number of piperidine rings is 3. The maximum Gasteiger partial charge on any atom is 0.338 e. The normalized spacial score (nSPS) is 23.5. The number of hydrogen-bond donors (Lipinski definition) is 0. The molecule has 3 aliphatic heterocycles. The lowest BCUT2D eigenvalue weighted by Crippen LogP contribution is -2.55. The fraction of sp³-hybridized carbons (Fsp3) is 0.438. The summed E-state index contributed by atoms with van der Waals surface area (Å²) in [7, 11) is 0. The Hall–Kier alpha value is -3.18. The predicted octanol–water partition coefficient (Wildman–Crippen LogP) is 6.99. The maximum absolute atomic E-state index is 13.5. The fourth-order valence-corrected chi connectivity index (χ4v) is 6.00. The van der Waals surface area contributed by atoms with E-state index < -0.39 is 0 Å². The van der Waals surface area contributed by atoms with Gasteiger partial charge in [-0.3, -0.25) is 9.88 Å². The first-order valence-corrected chi connectivity index (χ1v) is 13.8. The number of unbranched alkanes of at least 4 members (excludes halogenated alkanes) is 3. The molecule has 6 rings (SSSR count). The van der Waals surface area contributed by atoms with Gasteiger partial charge in [-0.15, -0.1) is 6.58 Å². The van der Waals surface area contributed by atoms with E-state index in [4.69, 9.17) is 9.47 Å². The first kappa shape index (κ1) is 25.5. The Balaban J connectivity index is 1.36. The van der Waals surface area contributed by atoms with Crippen molar-refractivity contribution >= 4 is 16.9 Å². The number of carbonyl (C=O) groups is 1. The third kappa shape index (κ3) is 5.72. The summed E-state index contributed by atoms with van der Waals surface area (Å²) in [6.07, 6.45) is 10.4. The van der Waals surface area contributed by atoms with E-state index in [0.29, 0.717) is 24.0 Å². The van der Waals surface area contributed by atoms with Crippen molar-refractivity contribution in [1.82, 2.24) is 9.88 Å². The number of fused-ring (bicyclic) bond motifs is 4. The number of rotatable bonds is 11. The molecule has 5 heteroatoms. The van der Waals surface area contributed by atoms with Crippen molar-refractivity contribution in [3.05, 3.63) is 84.6 Å². The van der Waals surface area contributed by atoms with Gasteiger partial charge < -0.3 is 9.47 Å². The first-order chi connectivity index (χ1) is 18.2. The van der Waals surface area contributed by atoms with Gasteiger partial charge in [0.1, 0.15) is 11.9 Å². The predicted molar refractivity (Wildman–Crippen MR) is 148 cm³/mol. The topological polar surface area (TPSA) is 51.7 Å². The van der Waals surface area contributed by atoms with Gasteiger partial charge >= 0.3 is 5.97 Å². The van der Waals surface area contributed by atoms with Crippen molar-refractivity contribution in [2.24, 2.45) is 11.8 Å².